The van der Waals surface area contributed by atoms with Crippen LogP contribution in [0, 0.1) is 5.41 Å². The van der Waals surface area contributed by atoms with Crippen molar-refractivity contribution in [2.24, 2.45) is 5.41 Å². The Bertz CT molecular complexity index is 187. The summed E-state index contributed by atoms with van der Waals surface area (Å²) < 4.78 is 0. The maximum Gasteiger partial charge on any atom is 0.0221 e. The molecule has 1 aliphatic heterocycles. The van der Waals surface area contributed by atoms with Crippen LogP contribution in [0.15, 0.2) is 0 Å². The Hall–Kier alpha value is -0.0800. The van der Waals surface area contributed by atoms with Gasteiger partial charge in [0, 0.05) is 24.7 Å². The highest BCUT2D eigenvalue weighted by Gasteiger charge is 2.30. The van der Waals surface area contributed by atoms with E-state index < -0.39 is 0 Å². The van der Waals surface area contributed by atoms with Gasteiger partial charge in [-0.15, -0.1) is 0 Å². The molecule has 1 heterocycles. The first-order chi connectivity index (χ1) is 6.82. The van der Waals surface area contributed by atoms with Crippen LogP contribution in [0.25, 0.3) is 0 Å². The summed E-state index contributed by atoms with van der Waals surface area (Å²) in [4.78, 5) is 2.55. The molecule has 15 heavy (non-hydrogen) atoms. The van der Waals surface area contributed by atoms with E-state index in [2.05, 4.69) is 51.9 Å². The summed E-state index contributed by atoms with van der Waals surface area (Å²) in [5.74, 6) is 0. The third-order valence-electron chi connectivity index (χ3n) is 4.08. The van der Waals surface area contributed by atoms with Crippen molar-refractivity contribution in [1.82, 2.24) is 10.2 Å². The molecule has 2 heteroatoms. The van der Waals surface area contributed by atoms with Gasteiger partial charge in [-0.05, 0) is 39.2 Å². The average Bonchev–Trinajstić information content (AvgIpc) is 2.15. The van der Waals surface area contributed by atoms with Gasteiger partial charge in [0.05, 0.1) is 0 Å². The van der Waals surface area contributed by atoms with Gasteiger partial charge in [-0.2, -0.15) is 0 Å². The number of rotatable bonds is 2. The van der Waals surface area contributed by atoms with Crippen LogP contribution in [0.1, 0.15) is 47.5 Å². The minimum Gasteiger partial charge on any atom is -0.313 e. The summed E-state index contributed by atoms with van der Waals surface area (Å²) in [6, 6.07) is 2.06. The monoisotopic (exact) mass is 212 g/mol. The van der Waals surface area contributed by atoms with Crippen molar-refractivity contribution in [3.63, 3.8) is 0 Å². The minimum absolute atomic E-state index is 0.373. The molecular formula is C13H28N2. The zero-order valence-electron chi connectivity index (χ0n) is 11.3. The van der Waals surface area contributed by atoms with Crippen molar-refractivity contribution in [1.29, 1.82) is 0 Å². The molecule has 3 atom stereocenters. The Morgan fingerprint density at radius 2 is 1.87 bits per heavy atom. The Morgan fingerprint density at radius 1 is 1.27 bits per heavy atom. The fourth-order valence-electron chi connectivity index (χ4n) is 2.26. The molecule has 0 aromatic heterocycles. The van der Waals surface area contributed by atoms with Gasteiger partial charge in [-0.25, -0.2) is 0 Å². The second-order valence-electron chi connectivity index (χ2n) is 6.25. The van der Waals surface area contributed by atoms with Crippen LogP contribution < -0.4 is 5.32 Å². The molecule has 0 aromatic rings. The Morgan fingerprint density at radius 3 is 2.27 bits per heavy atom. The van der Waals surface area contributed by atoms with Crippen molar-refractivity contribution in [2.45, 2.75) is 65.6 Å². The highest BCUT2D eigenvalue weighted by molar-refractivity contribution is 4.86. The van der Waals surface area contributed by atoms with Crippen LogP contribution in [0.5, 0.6) is 0 Å². The van der Waals surface area contributed by atoms with Gasteiger partial charge in [-0.1, -0.05) is 20.8 Å². The first kappa shape index (κ1) is 13.0. The molecule has 0 aromatic carbocycles. The summed E-state index contributed by atoms with van der Waals surface area (Å²) in [5.41, 5.74) is 0.373. The largest absolute Gasteiger partial charge is 0.313 e. The van der Waals surface area contributed by atoms with E-state index in [1.165, 1.54) is 12.8 Å². The van der Waals surface area contributed by atoms with Crippen LogP contribution in [-0.4, -0.2) is 36.6 Å². The minimum atomic E-state index is 0.373. The molecular weight excluding hydrogens is 184 g/mol. The molecule has 0 amide bonds. The lowest BCUT2D eigenvalue weighted by Crippen LogP contribution is -2.52. The van der Waals surface area contributed by atoms with Gasteiger partial charge in [0.15, 0.2) is 0 Å². The highest BCUT2D eigenvalue weighted by Crippen LogP contribution is 2.26. The maximum absolute atomic E-state index is 3.58. The smallest absolute Gasteiger partial charge is 0.0221 e. The summed E-state index contributed by atoms with van der Waals surface area (Å²) in [7, 11) is 2.28. The van der Waals surface area contributed by atoms with Crippen LogP contribution >= 0.6 is 0 Å². The van der Waals surface area contributed by atoms with E-state index in [0.717, 1.165) is 12.6 Å². The first-order valence-electron chi connectivity index (χ1n) is 6.27. The zero-order valence-corrected chi connectivity index (χ0v) is 11.3. The number of nitrogens with zero attached hydrogens (tertiary/aromatic N) is 1. The average molecular weight is 212 g/mol. The summed E-state index contributed by atoms with van der Waals surface area (Å²) >= 11 is 0. The molecule has 3 unspecified atom stereocenters. The SMILES string of the molecule is CC1CCC(N(C)C(C)C(C)(C)C)CN1. The first-order valence-corrected chi connectivity index (χ1v) is 6.27. The van der Waals surface area contributed by atoms with E-state index in [4.69, 9.17) is 0 Å². The van der Waals surface area contributed by atoms with E-state index in [1.807, 2.05) is 0 Å². The zero-order chi connectivity index (χ0) is 11.6. The van der Waals surface area contributed by atoms with Gasteiger partial charge < -0.3 is 5.32 Å². The summed E-state index contributed by atoms with van der Waals surface area (Å²) in [6.45, 7) is 12.8. The lowest BCUT2D eigenvalue weighted by Gasteiger charge is -2.42. The number of hydrogen-bond acceptors (Lipinski definition) is 2. The molecule has 0 saturated carbocycles. The van der Waals surface area contributed by atoms with Crippen LogP contribution in [0.4, 0.5) is 0 Å². The molecule has 0 radical (unpaired) electrons. The van der Waals surface area contributed by atoms with Crippen LogP contribution in [0.2, 0.25) is 0 Å². The molecule has 1 saturated heterocycles. The predicted octanol–water partition coefficient (Wildman–Crippen LogP) is 2.49. The van der Waals surface area contributed by atoms with Crippen LogP contribution in [-0.2, 0) is 0 Å². The van der Waals surface area contributed by atoms with Crippen molar-refractivity contribution < 1.29 is 0 Å². The second kappa shape index (κ2) is 4.84. The van der Waals surface area contributed by atoms with E-state index in [0.29, 0.717) is 17.5 Å². The van der Waals surface area contributed by atoms with E-state index >= 15 is 0 Å². The highest BCUT2D eigenvalue weighted by atomic mass is 15.2. The third-order valence-corrected chi connectivity index (χ3v) is 4.08. The number of nitrogens with one attached hydrogen (secondary N) is 1. The van der Waals surface area contributed by atoms with Gasteiger partial charge in [0.25, 0.3) is 0 Å². The lowest BCUT2D eigenvalue weighted by molar-refractivity contribution is 0.0788. The number of piperidine rings is 1. The van der Waals surface area contributed by atoms with Crippen molar-refractivity contribution in [2.75, 3.05) is 13.6 Å². The van der Waals surface area contributed by atoms with Gasteiger partial charge in [0.1, 0.15) is 0 Å². The standard InChI is InChI=1S/C13H28N2/c1-10-7-8-12(9-14-10)15(6)11(2)13(3,4)5/h10-12,14H,7-9H2,1-6H3. The molecule has 2 nitrogen and oxygen atoms in total. The van der Waals surface area contributed by atoms with Crippen molar-refractivity contribution in [3.8, 4) is 0 Å². The van der Waals surface area contributed by atoms with E-state index in [9.17, 15) is 0 Å². The summed E-state index contributed by atoms with van der Waals surface area (Å²) in [5, 5.41) is 3.58. The lowest BCUT2D eigenvalue weighted by atomic mass is 9.85. The second-order valence-corrected chi connectivity index (χ2v) is 6.25. The number of likely N-dealkylation sites (N-methyl/N-ethyl adjacent to an activating group) is 1. The Labute approximate surface area is 95.4 Å². The van der Waals surface area contributed by atoms with Crippen LogP contribution in [0.3, 0.4) is 0 Å². The summed E-state index contributed by atoms with van der Waals surface area (Å²) in [6.07, 6.45) is 2.65. The quantitative estimate of drug-likeness (QED) is 0.756. The number of hydrogen-bond donors (Lipinski definition) is 1. The molecule has 1 N–H and O–H groups in total. The fraction of sp³-hybridized carbons (Fsp3) is 1.00. The predicted molar refractivity (Wildman–Crippen MR) is 67.2 cm³/mol. The molecule has 1 fully saturated rings. The topological polar surface area (TPSA) is 15.3 Å². The molecule has 0 spiro atoms. The molecule has 90 valence electrons. The Kier molecular flexibility index (Phi) is 4.19. The Balaban J connectivity index is 2.50. The van der Waals surface area contributed by atoms with E-state index in [1.54, 1.807) is 0 Å². The van der Waals surface area contributed by atoms with Gasteiger partial charge >= 0.3 is 0 Å². The van der Waals surface area contributed by atoms with Crippen molar-refractivity contribution >= 4 is 0 Å². The fourth-order valence-corrected chi connectivity index (χ4v) is 2.26. The normalized spacial score (nSPS) is 30.6. The molecule has 1 aliphatic rings. The molecule has 0 bridgehead atoms. The molecule has 1 rings (SSSR count). The third kappa shape index (κ3) is 3.46. The van der Waals surface area contributed by atoms with Crippen molar-refractivity contribution in [3.05, 3.63) is 0 Å². The van der Waals surface area contributed by atoms with Gasteiger partial charge in [-0.3, -0.25) is 4.90 Å². The molecule has 0 aliphatic carbocycles. The maximum atomic E-state index is 3.58. The van der Waals surface area contributed by atoms with Gasteiger partial charge in [0.2, 0.25) is 0 Å². The van der Waals surface area contributed by atoms with E-state index in [-0.39, 0.29) is 0 Å².